The van der Waals surface area contributed by atoms with Gasteiger partial charge in [0.1, 0.15) is 18.2 Å². The Bertz CT molecular complexity index is 806. The normalized spacial score (nSPS) is 14.0. The maximum Gasteiger partial charge on any atom is 0.407 e. The highest BCUT2D eigenvalue weighted by Gasteiger charge is 2.23. The predicted octanol–water partition coefficient (Wildman–Crippen LogP) is 4.05. The zero-order chi connectivity index (χ0) is 19.9. The third kappa shape index (κ3) is 5.63. The number of ether oxygens (including phenoxy) is 1. The molecule has 8 heteroatoms. The Hall–Kier alpha value is -2.74. The molecule has 0 aliphatic carbocycles. The highest BCUT2D eigenvalue weighted by Crippen LogP contribution is 2.20. The van der Waals surface area contributed by atoms with Crippen molar-refractivity contribution in [1.82, 2.24) is 9.80 Å². The summed E-state index contributed by atoms with van der Waals surface area (Å²) in [5.74, 6) is 0.967. The Labute approximate surface area is 166 Å². The molecule has 3 rings (SSSR count). The fourth-order valence-corrected chi connectivity index (χ4v) is 3.59. The number of hydrogen-bond donors (Lipinski definition) is 1. The first-order chi connectivity index (χ1) is 13.5. The Balaban J connectivity index is 1.42. The van der Waals surface area contributed by atoms with E-state index in [1.54, 1.807) is 17.0 Å². The van der Waals surface area contributed by atoms with Crippen LogP contribution in [-0.4, -0.2) is 52.4 Å². The summed E-state index contributed by atoms with van der Waals surface area (Å²) in [5.41, 5.74) is 1.88. The zero-order valence-electron chi connectivity index (χ0n) is 15.2. The number of benzene rings is 2. The molecule has 1 aliphatic rings. The van der Waals surface area contributed by atoms with E-state index in [1.165, 1.54) is 28.8 Å². The number of thioether (sulfide) groups is 1. The lowest BCUT2D eigenvalue weighted by atomic mass is 10.2. The number of carbonyl (C=O) groups is 2. The molecular weight excluding hydrogens is 383 g/mol. The third-order valence-corrected chi connectivity index (χ3v) is 5.40. The van der Waals surface area contributed by atoms with Crippen LogP contribution in [0.3, 0.4) is 0 Å². The molecule has 0 unspecified atom stereocenters. The van der Waals surface area contributed by atoms with Gasteiger partial charge in [0.15, 0.2) is 0 Å². The molecule has 0 aromatic heterocycles. The number of carboxylic acid groups (broad SMARTS) is 1. The molecule has 1 N–H and O–H groups in total. The summed E-state index contributed by atoms with van der Waals surface area (Å²) in [4.78, 5) is 26.2. The SMILES string of the molecule is O=C(O)N1CCN(C(=O)SCc2ccc(OCc3ccc(F)cc3)cc2)CC1. The molecule has 0 spiro atoms. The van der Waals surface area contributed by atoms with E-state index in [4.69, 9.17) is 9.84 Å². The van der Waals surface area contributed by atoms with Crippen LogP contribution < -0.4 is 4.74 Å². The molecule has 6 nitrogen and oxygen atoms in total. The number of nitrogens with zero attached hydrogens (tertiary/aromatic N) is 2. The average Bonchev–Trinajstić information content (AvgIpc) is 2.72. The molecular formula is C20H21FN2O4S. The molecule has 28 heavy (non-hydrogen) atoms. The van der Waals surface area contributed by atoms with Gasteiger partial charge in [0.05, 0.1) is 0 Å². The van der Waals surface area contributed by atoms with Gasteiger partial charge in [0.25, 0.3) is 5.24 Å². The number of rotatable bonds is 5. The van der Waals surface area contributed by atoms with E-state index < -0.39 is 6.09 Å². The second-order valence-corrected chi connectivity index (χ2v) is 7.30. The summed E-state index contributed by atoms with van der Waals surface area (Å²) in [6, 6.07) is 13.7. The predicted molar refractivity (Wildman–Crippen MR) is 105 cm³/mol. The largest absolute Gasteiger partial charge is 0.489 e. The van der Waals surface area contributed by atoms with Gasteiger partial charge in [-0.3, -0.25) is 4.79 Å². The standard InChI is InChI=1S/C20H21FN2O4S/c21-17-5-1-15(2-6-17)13-27-18-7-3-16(4-8-18)14-28-20(26)23-11-9-22(10-12-23)19(24)25/h1-8H,9-14H2,(H,24,25). The van der Waals surface area contributed by atoms with Crippen LogP contribution in [0.25, 0.3) is 0 Å². The first-order valence-corrected chi connectivity index (χ1v) is 9.85. The molecule has 1 saturated heterocycles. The second kappa shape index (κ2) is 9.45. The summed E-state index contributed by atoms with van der Waals surface area (Å²) in [5, 5.41) is 8.90. The van der Waals surface area contributed by atoms with Crippen molar-refractivity contribution >= 4 is 23.1 Å². The summed E-state index contributed by atoms with van der Waals surface area (Å²) in [7, 11) is 0. The minimum atomic E-state index is -0.943. The Kier molecular flexibility index (Phi) is 6.76. The molecule has 148 valence electrons. The van der Waals surface area contributed by atoms with E-state index in [1.807, 2.05) is 24.3 Å². The first-order valence-electron chi connectivity index (χ1n) is 8.87. The number of piperazine rings is 1. The van der Waals surface area contributed by atoms with Crippen LogP contribution >= 0.6 is 11.8 Å². The number of amides is 2. The van der Waals surface area contributed by atoms with E-state index >= 15 is 0 Å². The molecule has 0 saturated carbocycles. The topological polar surface area (TPSA) is 70.1 Å². The Morgan fingerprint density at radius 3 is 2.11 bits per heavy atom. The zero-order valence-corrected chi connectivity index (χ0v) is 16.0. The van der Waals surface area contributed by atoms with Crippen LogP contribution in [0.4, 0.5) is 14.0 Å². The number of hydrogen-bond acceptors (Lipinski definition) is 4. The molecule has 2 aromatic rings. The fourth-order valence-electron chi connectivity index (χ4n) is 2.75. The van der Waals surface area contributed by atoms with Crippen molar-refractivity contribution in [3.63, 3.8) is 0 Å². The molecule has 1 aliphatic heterocycles. The van der Waals surface area contributed by atoms with Gasteiger partial charge in [0, 0.05) is 31.9 Å². The highest BCUT2D eigenvalue weighted by atomic mass is 32.2. The van der Waals surface area contributed by atoms with Gasteiger partial charge in [-0.1, -0.05) is 36.0 Å². The third-order valence-electron chi connectivity index (χ3n) is 4.41. The summed E-state index contributed by atoms with van der Waals surface area (Å²) >= 11 is 1.21. The first kappa shape index (κ1) is 20.0. The van der Waals surface area contributed by atoms with Gasteiger partial charge < -0.3 is 19.6 Å². The van der Waals surface area contributed by atoms with Crippen LogP contribution in [0.15, 0.2) is 48.5 Å². The molecule has 2 amide bonds. The average molecular weight is 404 g/mol. The van der Waals surface area contributed by atoms with Crippen LogP contribution in [-0.2, 0) is 12.4 Å². The van der Waals surface area contributed by atoms with Crippen LogP contribution in [0.1, 0.15) is 11.1 Å². The van der Waals surface area contributed by atoms with E-state index in [2.05, 4.69) is 0 Å². The summed E-state index contributed by atoms with van der Waals surface area (Å²) < 4.78 is 18.6. The fraction of sp³-hybridized carbons (Fsp3) is 0.300. The van der Waals surface area contributed by atoms with Gasteiger partial charge in [-0.15, -0.1) is 0 Å². The quantitative estimate of drug-likeness (QED) is 0.814. The van der Waals surface area contributed by atoms with Crippen LogP contribution in [0.2, 0.25) is 0 Å². The molecule has 0 bridgehead atoms. The van der Waals surface area contributed by atoms with Gasteiger partial charge in [-0.05, 0) is 35.4 Å². The minimum absolute atomic E-state index is 0.0401. The minimum Gasteiger partial charge on any atom is -0.489 e. The number of halogens is 1. The Morgan fingerprint density at radius 2 is 1.50 bits per heavy atom. The van der Waals surface area contributed by atoms with Crippen LogP contribution in [0, 0.1) is 5.82 Å². The highest BCUT2D eigenvalue weighted by molar-refractivity contribution is 8.12. The molecule has 0 atom stereocenters. The van der Waals surface area contributed by atoms with E-state index in [0.717, 1.165) is 11.1 Å². The second-order valence-electron chi connectivity index (χ2n) is 6.37. The molecule has 0 radical (unpaired) electrons. The van der Waals surface area contributed by atoms with Crippen LogP contribution in [0.5, 0.6) is 5.75 Å². The lowest BCUT2D eigenvalue weighted by molar-refractivity contribution is 0.117. The van der Waals surface area contributed by atoms with Crippen molar-refractivity contribution in [3.8, 4) is 5.75 Å². The van der Waals surface area contributed by atoms with E-state index in [-0.39, 0.29) is 11.1 Å². The van der Waals surface area contributed by atoms with Gasteiger partial charge in [-0.25, -0.2) is 9.18 Å². The van der Waals surface area contributed by atoms with E-state index in [0.29, 0.717) is 44.3 Å². The van der Waals surface area contributed by atoms with Gasteiger partial charge in [0.2, 0.25) is 0 Å². The van der Waals surface area contributed by atoms with E-state index in [9.17, 15) is 14.0 Å². The molecule has 1 heterocycles. The number of carbonyl (C=O) groups excluding carboxylic acids is 1. The van der Waals surface area contributed by atoms with Gasteiger partial charge >= 0.3 is 6.09 Å². The summed E-state index contributed by atoms with van der Waals surface area (Å²) in [6.07, 6.45) is -0.943. The lowest BCUT2D eigenvalue weighted by Gasteiger charge is -2.32. The summed E-state index contributed by atoms with van der Waals surface area (Å²) in [6.45, 7) is 1.90. The van der Waals surface area contributed by atoms with Crippen molar-refractivity contribution in [2.24, 2.45) is 0 Å². The molecule has 2 aromatic carbocycles. The van der Waals surface area contributed by atoms with Crippen molar-refractivity contribution in [2.75, 3.05) is 26.2 Å². The lowest BCUT2D eigenvalue weighted by Crippen LogP contribution is -2.49. The monoisotopic (exact) mass is 404 g/mol. The smallest absolute Gasteiger partial charge is 0.407 e. The molecule has 1 fully saturated rings. The Morgan fingerprint density at radius 1 is 0.929 bits per heavy atom. The van der Waals surface area contributed by atoms with Crippen molar-refractivity contribution in [3.05, 3.63) is 65.5 Å². The van der Waals surface area contributed by atoms with Crippen molar-refractivity contribution in [2.45, 2.75) is 12.4 Å². The van der Waals surface area contributed by atoms with Crippen molar-refractivity contribution in [1.29, 1.82) is 0 Å². The van der Waals surface area contributed by atoms with Gasteiger partial charge in [-0.2, -0.15) is 0 Å². The van der Waals surface area contributed by atoms with Crippen molar-refractivity contribution < 1.29 is 23.8 Å². The maximum atomic E-state index is 12.9. The maximum absolute atomic E-state index is 12.9.